The van der Waals surface area contributed by atoms with E-state index in [0.717, 1.165) is 16.9 Å². The van der Waals surface area contributed by atoms with Gasteiger partial charge >= 0.3 is 0 Å². The highest BCUT2D eigenvalue weighted by Crippen LogP contribution is 2.40. The first kappa shape index (κ1) is 23.4. The van der Waals surface area contributed by atoms with Crippen LogP contribution in [0.1, 0.15) is 11.1 Å². The summed E-state index contributed by atoms with van der Waals surface area (Å²) in [6.07, 6.45) is 1.82. The number of hydrogen-bond acceptors (Lipinski definition) is 8. The highest BCUT2D eigenvalue weighted by atomic mass is 32.1. The molecule has 5 rings (SSSR count). The van der Waals surface area contributed by atoms with Crippen molar-refractivity contribution in [1.82, 2.24) is 14.6 Å². The molecule has 0 atom stereocenters. The smallest absolute Gasteiger partial charge is 0.291 e. The fourth-order valence-electron chi connectivity index (χ4n) is 3.72. The monoisotopic (exact) mass is 501 g/mol. The zero-order valence-corrected chi connectivity index (χ0v) is 20.7. The highest BCUT2D eigenvalue weighted by Gasteiger charge is 2.18. The van der Waals surface area contributed by atoms with Crippen LogP contribution in [0.2, 0.25) is 0 Å². The van der Waals surface area contributed by atoms with Crippen molar-refractivity contribution < 1.29 is 18.9 Å². The Labute approximate surface area is 211 Å². The van der Waals surface area contributed by atoms with E-state index in [2.05, 4.69) is 10.1 Å². The summed E-state index contributed by atoms with van der Waals surface area (Å²) in [5, 5.41) is 4.43. The summed E-state index contributed by atoms with van der Waals surface area (Å²) in [6.45, 7) is 0.497. The van der Waals surface area contributed by atoms with Crippen molar-refractivity contribution >= 4 is 22.4 Å². The van der Waals surface area contributed by atoms with Crippen molar-refractivity contribution in [3.63, 3.8) is 0 Å². The molecule has 0 amide bonds. The van der Waals surface area contributed by atoms with Crippen LogP contribution in [-0.2, 0) is 6.61 Å². The van der Waals surface area contributed by atoms with Crippen LogP contribution in [0.25, 0.3) is 22.4 Å². The van der Waals surface area contributed by atoms with Crippen LogP contribution in [0.15, 0.2) is 71.5 Å². The fourth-order valence-corrected chi connectivity index (χ4v) is 4.63. The van der Waals surface area contributed by atoms with E-state index in [1.165, 1.54) is 23.0 Å². The van der Waals surface area contributed by atoms with E-state index in [1.54, 1.807) is 26.4 Å². The third-order valence-electron chi connectivity index (χ3n) is 5.53. The molecule has 5 aromatic rings. The van der Waals surface area contributed by atoms with Gasteiger partial charge in [0.05, 0.1) is 25.9 Å². The Morgan fingerprint density at radius 3 is 2.22 bits per heavy atom. The van der Waals surface area contributed by atoms with Gasteiger partial charge in [0.15, 0.2) is 17.3 Å². The molecule has 2 heterocycles. The van der Waals surface area contributed by atoms with Gasteiger partial charge in [-0.05, 0) is 41.5 Å². The summed E-state index contributed by atoms with van der Waals surface area (Å²) in [5.41, 5.74) is 2.40. The van der Waals surface area contributed by atoms with Gasteiger partial charge in [-0.25, -0.2) is 0 Å². The quantitative estimate of drug-likeness (QED) is 0.318. The highest BCUT2D eigenvalue weighted by molar-refractivity contribution is 7.15. The van der Waals surface area contributed by atoms with Gasteiger partial charge < -0.3 is 18.9 Å². The first-order valence-electron chi connectivity index (χ1n) is 11.1. The molecule has 0 aliphatic rings. The Balaban J connectivity index is 1.40. The molecule has 0 radical (unpaired) electrons. The van der Waals surface area contributed by atoms with Gasteiger partial charge in [0.25, 0.3) is 5.56 Å². The number of fused-ring (bicyclic) bond motifs is 1. The van der Waals surface area contributed by atoms with E-state index in [-0.39, 0.29) is 5.56 Å². The number of ether oxygens (including phenoxy) is 4. The van der Waals surface area contributed by atoms with Gasteiger partial charge in [-0.3, -0.25) is 4.79 Å². The average Bonchev–Trinajstić information content (AvgIpc) is 3.47. The average molecular weight is 502 g/mol. The number of hydrogen-bond donors (Lipinski definition) is 0. The van der Waals surface area contributed by atoms with E-state index in [1.807, 2.05) is 60.7 Å². The summed E-state index contributed by atoms with van der Waals surface area (Å²) in [6, 6.07) is 21.1. The maximum atomic E-state index is 13.0. The molecule has 2 aromatic heterocycles. The second-order valence-corrected chi connectivity index (χ2v) is 8.81. The van der Waals surface area contributed by atoms with Crippen LogP contribution in [0.3, 0.4) is 0 Å². The van der Waals surface area contributed by atoms with Crippen LogP contribution in [-0.4, -0.2) is 35.9 Å². The van der Waals surface area contributed by atoms with Gasteiger partial charge in [0, 0.05) is 5.56 Å². The minimum atomic E-state index is -0.231. The first-order chi connectivity index (χ1) is 17.6. The SMILES string of the molecule is COc1cc(-c2nc3s/c(=C\c4ccc(OCc5ccccc5)cc4)c(=O)n3n2)cc(OC)c1OC. The van der Waals surface area contributed by atoms with Crippen molar-refractivity contribution in [3.05, 3.63) is 92.7 Å². The summed E-state index contributed by atoms with van der Waals surface area (Å²) >= 11 is 1.28. The van der Waals surface area contributed by atoms with E-state index in [0.29, 0.717) is 44.7 Å². The topological polar surface area (TPSA) is 84.2 Å². The lowest BCUT2D eigenvalue weighted by Gasteiger charge is -2.12. The molecular formula is C27H23N3O5S. The molecule has 0 saturated carbocycles. The fraction of sp³-hybridized carbons (Fsp3) is 0.148. The molecule has 0 saturated heterocycles. The molecule has 0 bridgehead atoms. The lowest BCUT2D eigenvalue weighted by molar-refractivity contribution is 0.306. The maximum absolute atomic E-state index is 13.0. The van der Waals surface area contributed by atoms with Crippen molar-refractivity contribution in [1.29, 1.82) is 0 Å². The van der Waals surface area contributed by atoms with Gasteiger partial charge in [-0.15, -0.1) is 5.10 Å². The minimum Gasteiger partial charge on any atom is -0.493 e. The number of aromatic nitrogens is 3. The van der Waals surface area contributed by atoms with Crippen LogP contribution >= 0.6 is 11.3 Å². The van der Waals surface area contributed by atoms with Gasteiger partial charge in [-0.1, -0.05) is 53.8 Å². The van der Waals surface area contributed by atoms with Crippen molar-refractivity contribution in [3.8, 4) is 34.4 Å². The molecule has 9 heteroatoms. The lowest BCUT2D eigenvalue weighted by atomic mass is 10.1. The van der Waals surface area contributed by atoms with E-state index in [4.69, 9.17) is 18.9 Å². The number of nitrogens with zero attached hydrogens (tertiary/aromatic N) is 3. The Morgan fingerprint density at radius 2 is 1.61 bits per heavy atom. The molecule has 0 aliphatic carbocycles. The minimum absolute atomic E-state index is 0.231. The van der Waals surface area contributed by atoms with Crippen LogP contribution in [0.4, 0.5) is 0 Å². The zero-order chi connectivity index (χ0) is 25.1. The first-order valence-corrected chi connectivity index (χ1v) is 11.9. The molecule has 0 unspecified atom stereocenters. The normalized spacial score (nSPS) is 11.6. The predicted molar refractivity (Wildman–Crippen MR) is 138 cm³/mol. The second-order valence-electron chi connectivity index (χ2n) is 7.80. The van der Waals surface area contributed by atoms with Crippen molar-refractivity contribution in [2.24, 2.45) is 0 Å². The molecule has 0 spiro atoms. The van der Waals surface area contributed by atoms with Crippen LogP contribution < -0.4 is 29.0 Å². The van der Waals surface area contributed by atoms with Crippen molar-refractivity contribution in [2.45, 2.75) is 6.61 Å². The summed E-state index contributed by atoms with van der Waals surface area (Å²) < 4.78 is 23.9. The number of thiazole rings is 1. The summed E-state index contributed by atoms with van der Waals surface area (Å²) in [5.74, 6) is 2.60. The Bertz CT molecular complexity index is 1590. The van der Waals surface area contributed by atoms with Gasteiger partial charge in [-0.2, -0.15) is 9.50 Å². The molecule has 36 heavy (non-hydrogen) atoms. The second kappa shape index (κ2) is 10.1. The molecule has 8 nitrogen and oxygen atoms in total. The number of benzene rings is 3. The van der Waals surface area contributed by atoms with E-state index < -0.39 is 0 Å². The molecule has 0 N–H and O–H groups in total. The Hall–Kier alpha value is -4.37. The summed E-state index contributed by atoms with van der Waals surface area (Å²) in [4.78, 5) is 18.1. The third-order valence-corrected chi connectivity index (χ3v) is 6.49. The number of methoxy groups -OCH3 is 3. The van der Waals surface area contributed by atoms with E-state index >= 15 is 0 Å². The lowest BCUT2D eigenvalue weighted by Crippen LogP contribution is -2.23. The van der Waals surface area contributed by atoms with E-state index in [9.17, 15) is 4.79 Å². The van der Waals surface area contributed by atoms with Crippen LogP contribution in [0.5, 0.6) is 23.0 Å². The van der Waals surface area contributed by atoms with Gasteiger partial charge in [0.1, 0.15) is 12.4 Å². The molecule has 0 fully saturated rings. The van der Waals surface area contributed by atoms with Gasteiger partial charge in [0.2, 0.25) is 10.7 Å². The predicted octanol–water partition coefficient (Wildman–Crippen LogP) is 3.97. The molecule has 0 aliphatic heterocycles. The third kappa shape index (κ3) is 4.60. The zero-order valence-electron chi connectivity index (χ0n) is 19.9. The molecule has 182 valence electrons. The van der Waals surface area contributed by atoms with Crippen molar-refractivity contribution in [2.75, 3.05) is 21.3 Å². The molecule has 3 aromatic carbocycles. The standard InChI is InChI=1S/C27H23N3O5S/c1-32-21-14-19(15-22(33-2)24(21)34-3)25-28-27-30(29-25)26(31)23(36-27)13-17-9-11-20(12-10-17)35-16-18-7-5-4-6-8-18/h4-15H,16H2,1-3H3/b23-13-. The number of rotatable bonds is 8. The van der Waals surface area contributed by atoms with Crippen LogP contribution in [0, 0.1) is 0 Å². The Kier molecular flexibility index (Phi) is 6.55. The molecular weight excluding hydrogens is 478 g/mol. The maximum Gasteiger partial charge on any atom is 0.291 e. The summed E-state index contributed by atoms with van der Waals surface area (Å²) in [7, 11) is 4.62. The Morgan fingerprint density at radius 1 is 0.917 bits per heavy atom. The largest absolute Gasteiger partial charge is 0.493 e.